The highest BCUT2D eigenvalue weighted by atomic mass is 16.5. The summed E-state index contributed by atoms with van der Waals surface area (Å²) in [6.45, 7) is 6.41. The third-order valence-corrected chi connectivity index (χ3v) is 8.24. The summed E-state index contributed by atoms with van der Waals surface area (Å²) >= 11 is 0. The molecule has 5 heterocycles. The number of hydrogen-bond acceptors (Lipinski definition) is 11. The fourth-order valence-corrected chi connectivity index (χ4v) is 5.29. The maximum absolute atomic E-state index is 11.5. The number of ether oxygens (including phenoxy) is 3. The number of aromatic amines is 1. The SMILES string of the molecule is COC(=O)c1ccn(CCC2CCN(C)CC2)n1.COC(=O)c1ccn[nH]1.COC(=O)c1ccnn1CCC1CCN(C)CC1. The molecule has 2 aliphatic rings. The van der Waals surface area contributed by atoms with Gasteiger partial charge in [-0.15, -0.1) is 0 Å². The minimum atomic E-state index is -0.396. The number of aryl methyl sites for hydroxylation is 2. The van der Waals surface area contributed by atoms with E-state index < -0.39 is 5.97 Å². The molecule has 0 aliphatic carbocycles. The zero-order valence-electron chi connectivity index (χ0n) is 27.2. The maximum Gasteiger partial charge on any atom is 0.358 e. The number of carbonyl (C=O) groups is 3. The zero-order valence-corrected chi connectivity index (χ0v) is 27.2. The van der Waals surface area contributed by atoms with E-state index in [2.05, 4.69) is 53.8 Å². The van der Waals surface area contributed by atoms with Crippen molar-refractivity contribution < 1.29 is 28.6 Å². The van der Waals surface area contributed by atoms with Crippen LogP contribution in [-0.4, -0.2) is 119 Å². The van der Waals surface area contributed by atoms with Gasteiger partial charge in [0, 0.05) is 31.7 Å². The first-order valence-electron chi connectivity index (χ1n) is 15.4. The van der Waals surface area contributed by atoms with E-state index >= 15 is 0 Å². The summed E-state index contributed by atoms with van der Waals surface area (Å²) < 4.78 is 17.3. The van der Waals surface area contributed by atoms with Gasteiger partial charge in [0.2, 0.25) is 0 Å². The van der Waals surface area contributed by atoms with Crippen LogP contribution in [0.3, 0.4) is 0 Å². The molecule has 5 rings (SSSR count). The standard InChI is InChI=1S/2C13H21N3O2.C5H6N2O2/c1-15-8-4-11(5-9-15)6-10-16-12(3-7-14-16)13(17)18-2;1-15-7-3-11(4-8-15)5-9-16-10-6-12(14-16)13(17)18-2;1-9-5(8)4-2-3-6-7-4/h3,7,11H,4-6,8-10H2,1-2H3;6,10-11H,3-5,7-9H2,1-2H3;2-3H,1H3,(H,6,7). The lowest BCUT2D eigenvalue weighted by atomic mass is 9.94. The normalized spacial score (nSPS) is 16.1. The van der Waals surface area contributed by atoms with E-state index in [4.69, 9.17) is 4.74 Å². The molecule has 2 aliphatic heterocycles. The van der Waals surface area contributed by atoms with E-state index in [0.717, 1.165) is 37.8 Å². The van der Waals surface area contributed by atoms with Crippen LogP contribution in [0.2, 0.25) is 0 Å². The monoisotopic (exact) mass is 628 g/mol. The lowest BCUT2D eigenvalue weighted by Crippen LogP contribution is -2.30. The first-order valence-corrected chi connectivity index (χ1v) is 15.4. The van der Waals surface area contributed by atoms with Crippen LogP contribution in [0.4, 0.5) is 0 Å². The highest BCUT2D eigenvalue weighted by molar-refractivity contribution is 5.87. The molecular weight excluding hydrogens is 580 g/mol. The van der Waals surface area contributed by atoms with Gasteiger partial charge in [-0.25, -0.2) is 14.4 Å². The molecule has 0 radical (unpaired) electrons. The van der Waals surface area contributed by atoms with Gasteiger partial charge in [-0.2, -0.15) is 15.3 Å². The number of H-pyrrole nitrogens is 1. The summed E-state index contributed by atoms with van der Waals surface area (Å²) in [6.07, 6.45) is 12.2. The highest BCUT2D eigenvalue weighted by Crippen LogP contribution is 2.21. The molecule has 248 valence electrons. The van der Waals surface area contributed by atoms with E-state index in [9.17, 15) is 14.4 Å². The van der Waals surface area contributed by atoms with Crippen molar-refractivity contribution in [2.24, 2.45) is 11.8 Å². The minimum Gasteiger partial charge on any atom is -0.464 e. The third-order valence-electron chi connectivity index (χ3n) is 8.24. The second-order valence-corrected chi connectivity index (χ2v) is 11.4. The minimum absolute atomic E-state index is 0.309. The Morgan fingerprint density at radius 3 is 1.89 bits per heavy atom. The Morgan fingerprint density at radius 2 is 1.36 bits per heavy atom. The Kier molecular flexibility index (Phi) is 14.7. The van der Waals surface area contributed by atoms with Gasteiger partial charge in [0.25, 0.3) is 0 Å². The predicted octanol–water partition coefficient (Wildman–Crippen LogP) is 3.00. The topological polar surface area (TPSA) is 150 Å². The molecule has 14 heteroatoms. The molecule has 0 unspecified atom stereocenters. The Balaban J connectivity index is 0.000000195. The summed E-state index contributed by atoms with van der Waals surface area (Å²) in [6, 6.07) is 4.97. The molecule has 0 amide bonds. The fourth-order valence-electron chi connectivity index (χ4n) is 5.29. The largest absolute Gasteiger partial charge is 0.464 e. The number of rotatable bonds is 9. The second kappa shape index (κ2) is 18.7. The molecule has 2 fully saturated rings. The quantitative estimate of drug-likeness (QED) is 0.275. The van der Waals surface area contributed by atoms with Gasteiger partial charge >= 0.3 is 17.9 Å². The van der Waals surface area contributed by atoms with Crippen LogP contribution in [0, 0.1) is 11.8 Å². The zero-order chi connectivity index (χ0) is 32.6. The number of likely N-dealkylation sites (tertiary alicyclic amines) is 2. The molecule has 0 aromatic carbocycles. The Bertz CT molecular complexity index is 1290. The van der Waals surface area contributed by atoms with Gasteiger partial charge in [-0.05, 0) is 109 Å². The maximum atomic E-state index is 11.5. The van der Waals surface area contributed by atoms with Crippen LogP contribution in [0.15, 0.2) is 36.8 Å². The van der Waals surface area contributed by atoms with E-state index in [-0.39, 0.29) is 11.9 Å². The van der Waals surface area contributed by atoms with Gasteiger partial charge < -0.3 is 24.0 Å². The number of nitrogens with one attached hydrogen (secondary N) is 1. The summed E-state index contributed by atoms with van der Waals surface area (Å²) in [5.41, 5.74) is 1.31. The number of nitrogens with zero attached hydrogens (tertiary/aromatic N) is 7. The van der Waals surface area contributed by atoms with Crippen LogP contribution in [0.1, 0.15) is 70.0 Å². The number of aromatic nitrogens is 6. The second-order valence-electron chi connectivity index (χ2n) is 11.4. The smallest absolute Gasteiger partial charge is 0.358 e. The van der Waals surface area contributed by atoms with Gasteiger partial charge in [-0.3, -0.25) is 14.5 Å². The Hall–Kier alpha value is -4.04. The first kappa shape index (κ1) is 35.4. The number of esters is 3. The van der Waals surface area contributed by atoms with Crippen LogP contribution < -0.4 is 0 Å². The average Bonchev–Trinajstić information content (AvgIpc) is 3.87. The van der Waals surface area contributed by atoms with E-state index in [1.807, 2.05) is 10.9 Å². The number of carbonyl (C=O) groups excluding carboxylic acids is 3. The van der Waals surface area contributed by atoms with Crippen LogP contribution in [0.5, 0.6) is 0 Å². The fraction of sp³-hybridized carbons (Fsp3) is 0.613. The molecule has 0 atom stereocenters. The van der Waals surface area contributed by atoms with Gasteiger partial charge in [0.1, 0.15) is 11.4 Å². The third kappa shape index (κ3) is 11.8. The molecule has 0 saturated carbocycles. The van der Waals surface area contributed by atoms with E-state index in [0.29, 0.717) is 17.1 Å². The highest BCUT2D eigenvalue weighted by Gasteiger charge is 2.19. The summed E-state index contributed by atoms with van der Waals surface area (Å²) in [5.74, 6) is 0.458. The number of methoxy groups -OCH3 is 3. The van der Waals surface area contributed by atoms with Crippen molar-refractivity contribution >= 4 is 17.9 Å². The van der Waals surface area contributed by atoms with Crippen molar-refractivity contribution in [2.45, 2.75) is 51.6 Å². The molecular formula is C31H48N8O6. The summed E-state index contributed by atoms with van der Waals surface area (Å²) in [4.78, 5) is 38.1. The van der Waals surface area contributed by atoms with Crippen molar-refractivity contribution in [3.05, 3.63) is 53.9 Å². The average molecular weight is 629 g/mol. The molecule has 3 aromatic rings. The Morgan fingerprint density at radius 1 is 0.778 bits per heavy atom. The summed E-state index contributed by atoms with van der Waals surface area (Å²) in [7, 11) is 8.44. The Labute approximate surface area is 265 Å². The van der Waals surface area contributed by atoms with Gasteiger partial charge in [0.15, 0.2) is 5.69 Å². The van der Waals surface area contributed by atoms with Crippen LogP contribution in [0.25, 0.3) is 0 Å². The van der Waals surface area contributed by atoms with Gasteiger partial charge in [0.05, 0.1) is 21.3 Å². The lowest BCUT2D eigenvalue weighted by Gasteiger charge is -2.28. The number of piperidine rings is 2. The molecule has 3 aromatic heterocycles. The molecule has 45 heavy (non-hydrogen) atoms. The molecule has 1 N–H and O–H groups in total. The van der Waals surface area contributed by atoms with E-state index in [1.165, 1.54) is 79.4 Å². The van der Waals surface area contributed by atoms with Crippen molar-refractivity contribution in [3.63, 3.8) is 0 Å². The first-order chi connectivity index (χ1) is 21.7. The lowest BCUT2D eigenvalue weighted by molar-refractivity contribution is 0.0578. The number of hydrogen-bond donors (Lipinski definition) is 1. The molecule has 2 saturated heterocycles. The molecule has 14 nitrogen and oxygen atoms in total. The van der Waals surface area contributed by atoms with Crippen molar-refractivity contribution in [1.82, 2.24) is 39.6 Å². The van der Waals surface area contributed by atoms with Crippen LogP contribution in [-0.2, 0) is 27.3 Å². The van der Waals surface area contributed by atoms with Crippen molar-refractivity contribution in [1.29, 1.82) is 0 Å². The predicted molar refractivity (Wildman–Crippen MR) is 167 cm³/mol. The van der Waals surface area contributed by atoms with Crippen molar-refractivity contribution in [2.75, 3.05) is 61.6 Å². The molecule has 0 spiro atoms. The van der Waals surface area contributed by atoms with Gasteiger partial charge in [-0.1, -0.05) is 0 Å². The summed E-state index contributed by atoms with van der Waals surface area (Å²) in [5, 5.41) is 14.4. The van der Waals surface area contributed by atoms with Crippen molar-refractivity contribution in [3.8, 4) is 0 Å². The van der Waals surface area contributed by atoms with Crippen LogP contribution >= 0.6 is 0 Å². The van der Waals surface area contributed by atoms with E-state index in [1.54, 1.807) is 29.1 Å². The molecule has 0 bridgehead atoms.